The zero-order chi connectivity index (χ0) is 14.9. The predicted molar refractivity (Wildman–Crippen MR) is 75.4 cm³/mol. The second-order valence-corrected chi connectivity index (χ2v) is 5.48. The maximum atomic E-state index is 13.9. The lowest BCUT2D eigenvalue weighted by atomic mass is 10.0. The molecule has 1 unspecified atom stereocenters. The topological polar surface area (TPSA) is 38.0 Å². The molecule has 108 valence electrons. The molecule has 20 heavy (non-hydrogen) atoms. The Kier molecular flexibility index (Phi) is 4.55. The SMILES string of the molecule is CCCn1ncc(Br)c1C(O)c1cc(C)c(F)cc1F. The Balaban J connectivity index is 2.48. The monoisotopic (exact) mass is 344 g/mol. The molecule has 1 N–H and O–H groups in total. The van der Waals surface area contributed by atoms with Crippen LogP contribution in [0.25, 0.3) is 0 Å². The van der Waals surface area contributed by atoms with Crippen molar-refractivity contribution in [1.29, 1.82) is 0 Å². The van der Waals surface area contributed by atoms with E-state index < -0.39 is 17.7 Å². The molecule has 1 aromatic heterocycles. The van der Waals surface area contributed by atoms with E-state index in [1.807, 2.05) is 6.92 Å². The van der Waals surface area contributed by atoms with E-state index in [9.17, 15) is 13.9 Å². The molecule has 1 heterocycles. The average molecular weight is 345 g/mol. The lowest BCUT2D eigenvalue weighted by molar-refractivity contribution is 0.201. The summed E-state index contributed by atoms with van der Waals surface area (Å²) in [5, 5.41) is 14.5. The maximum absolute atomic E-state index is 13.9. The first kappa shape index (κ1) is 15.1. The fourth-order valence-corrected chi connectivity index (χ4v) is 2.58. The van der Waals surface area contributed by atoms with Crippen LogP contribution in [0.1, 0.15) is 36.3 Å². The smallest absolute Gasteiger partial charge is 0.132 e. The highest BCUT2D eigenvalue weighted by atomic mass is 79.9. The van der Waals surface area contributed by atoms with Crippen molar-refractivity contribution in [2.45, 2.75) is 32.9 Å². The van der Waals surface area contributed by atoms with E-state index in [1.54, 1.807) is 10.9 Å². The lowest BCUT2D eigenvalue weighted by Crippen LogP contribution is -2.12. The summed E-state index contributed by atoms with van der Waals surface area (Å²) >= 11 is 3.30. The van der Waals surface area contributed by atoms with Gasteiger partial charge in [0.05, 0.1) is 16.4 Å². The molecule has 2 aromatic rings. The zero-order valence-electron chi connectivity index (χ0n) is 11.2. The fraction of sp³-hybridized carbons (Fsp3) is 0.357. The summed E-state index contributed by atoms with van der Waals surface area (Å²) in [7, 11) is 0. The second-order valence-electron chi connectivity index (χ2n) is 4.63. The summed E-state index contributed by atoms with van der Waals surface area (Å²) in [6, 6.07) is 2.12. The fourth-order valence-electron chi connectivity index (χ4n) is 2.07. The number of halogens is 3. The summed E-state index contributed by atoms with van der Waals surface area (Å²) in [6.45, 7) is 4.12. The normalized spacial score (nSPS) is 12.7. The minimum Gasteiger partial charge on any atom is -0.382 e. The van der Waals surface area contributed by atoms with Crippen LogP contribution >= 0.6 is 15.9 Å². The predicted octanol–water partition coefficient (Wildman–Crippen LogP) is 3.72. The highest BCUT2D eigenvalue weighted by molar-refractivity contribution is 9.10. The van der Waals surface area contributed by atoms with E-state index in [1.165, 1.54) is 13.0 Å². The summed E-state index contributed by atoms with van der Waals surface area (Å²) in [4.78, 5) is 0. The van der Waals surface area contributed by atoms with E-state index in [2.05, 4.69) is 21.0 Å². The highest BCUT2D eigenvalue weighted by Gasteiger charge is 2.23. The van der Waals surface area contributed by atoms with Gasteiger partial charge in [-0.15, -0.1) is 0 Å². The molecule has 0 saturated carbocycles. The number of rotatable bonds is 4. The Labute approximate surface area is 124 Å². The minimum absolute atomic E-state index is 0.0439. The molecule has 0 bridgehead atoms. The Morgan fingerprint density at radius 3 is 2.70 bits per heavy atom. The van der Waals surface area contributed by atoms with E-state index in [4.69, 9.17) is 0 Å². The molecule has 0 amide bonds. The first-order chi connectivity index (χ1) is 9.45. The molecule has 1 aromatic carbocycles. The molecule has 0 spiro atoms. The quantitative estimate of drug-likeness (QED) is 0.917. The number of aryl methyl sites for hydroxylation is 2. The van der Waals surface area contributed by atoms with Crippen LogP contribution in [0.15, 0.2) is 22.8 Å². The summed E-state index contributed by atoms with van der Waals surface area (Å²) in [5.41, 5.74) is 0.803. The zero-order valence-corrected chi connectivity index (χ0v) is 12.8. The van der Waals surface area contributed by atoms with Crippen LogP contribution in [-0.2, 0) is 6.54 Å². The van der Waals surface area contributed by atoms with Crippen molar-refractivity contribution in [3.8, 4) is 0 Å². The molecule has 0 saturated heterocycles. The Morgan fingerprint density at radius 2 is 2.05 bits per heavy atom. The number of hydrogen-bond acceptors (Lipinski definition) is 2. The molecule has 0 radical (unpaired) electrons. The van der Waals surface area contributed by atoms with Gasteiger partial charge >= 0.3 is 0 Å². The molecular formula is C14H15BrF2N2O. The van der Waals surface area contributed by atoms with Crippen molar-refractivity contribution in [2.75, 3.05) is 0 Å². The summed E-state index contributed by atoms with van der Waals surface area (Å²) < 4.78 is 29.4. The standard InChI is InChI=1S/C14H15BrF2N2O/c1-3-4-19-13(10(15)7-18-19)14(20)9-5-8(2)11(16)6-12(9)17/h5-7,14,20H,3-4H2,1-2H3. The van der Waals surface area contributed by atoms with Gasteiger partial charge in [-0.3, -0.25) is 4.68 Å². The first-order valence-corrected chi connectivity index (χ1v) is 7.09. The molecular weight excluding hydrogens is 330 g/mol. The third-order valence-electron chi connectivity index (χ3n) is 3.10. The third kappa shape index (κ3) is 2.76. The van der Waals surface area contributed by atoms with Crippen LogP contribution < -0.4 is 0 Å². The molecule has 2 rings (SSSR count). The van der Waals surface area contributed by atoms with E-state index >= 15 is 0 Å². The van der Waals surface area contributed by atoms with Crippen LogP contribution in [0.4, 0.5) is 8.78 Å². The van der Waals surface area contributed by atoms with Crippen LogP contribution in [-0.4, -0.2) is 14.9 Å². The lowest BCUT2D eigenvalue weighted by Gasteiger charge is -2.16. The van der Waals surface area contributed by atoms with Crippen molar-refractivity contribution in [3.05, 3.63) is 51.3 Å². The van der Waals surface area contributed by atoms with Gasteiger partial charge in [0.2, 0.25) is 0 Å². The van der Waals surface area contributed by atoms with E-state index in [0.29, 0.717) is 16.7 Å². The van der Waals surface area contributed by atoms with Gasteiger partial charge in [0.15, 0.2) is 0 Å². The van der Waals surface area contributed by atoms with E-state index in [-0.39, 0.29) is 11.1 Å². The molecule has 1 atom stereocenters. The summed E-state index contributed by atoms with van der Waals surface area (Å²) in [5.74, 6) is -1.39. The molecule has 3 nitrogen and oxygen atoms in total. The van der Waals surface area contributed by atoms with Crippen molar-refractivity contribution >= 4 is 15.9 Å². The van der Waals surface area contributed by atoms with Gasteiger partial charge in [-0.1, -0.05) is 6.92 Å². The van der Waals surface area contributed by atoms with Crippen LogP contribution in [0.3, 0.4) is 0 Å². The van der Waals surface area contributed by atoms with Crippen molar-refractivity contribution in [1.82, 2.24) is 9.78 Å². The van der Waals surface area contributed by atoms with Crippen LogP contribution in [0.5, 0.6) is 0 Å². The van der Waals surface area contributed by atoms with E-state index in [0.717, 1.165) is 12.5 Å². The molecule has 0 aliphatic carbocycles. The molecule has 0 aliphatic heterocycles. The van der Waals surface area contributed by atoms with Gasteiger partial charge in [-0.25, -0.2) is 8.78 Å². The van der Waals surface area contributed by atoms with Crippen molar-refractivity contribution < 1.29 is 13.9 Å². The minimum atomic E-state index is -1.20. The number of aliphatic hydroxyl groups excluding tert-OH is 1. The Bertz CT molecular complexity index is 628. The number of nitrogens with zero attached hydrogens (tertiary/aromatic N) is 2. The van der Waals surface area contributed by atoms with Crippen LogP contribution in [0.2, 0.25) is 0 Å². The van der Waals surface area contributed by atoms with Gasteiger partial charge in [0, 0.05) is 18.2 Å². The molecule has 6 heteroatoms. The van der Waals surface area contributed by atoms with Gasteiger partial charge < -0.3 is 5.11 Å². The number of benzene rings is 1. The first-order valence-electron chi connectivity index (χ1n) is 6.30. The van der Waals surface area contributed by atoms with Gasteiger partial charge in [-0.2, -0.15) is 5.10 Å². The van der Waals surface area contributed by atoms with Crippen LogP contribution in [0, 0.1) is 18.6 Å². The van der Waals surface area contributed by atoms with Crippen molar-refractivity contribution in [3.63, 3.8) is 0 Å². The highest BCUT2D eigenvalue weighted by Crippen LogP contribution is 2.31. The largest absolute Gasteiger partial charge is 0.382 e. The Morgan fingerprint density at radius 1 is 1.35 bits per heavy atom. The number of aliphatic hydroxyl groups is 1. The van der Waals surface area contributed by atoms with Gasteiger partial charge in [-0.05, 0) is 40.9 Å². The second kappa shape index (κ2) is 6.01. The summed E-state index contributed by atoms with van der Waals surface area (Å²) in [6.07, 6.45) is 1.19. The molecule has 0 aliphatic rings. The third-order valence-corrected chi connectivity index (χ3v) is 3.71. The number of aromatic nitrogens is 2. The van der Waals surface area contributed by atoms with Gasteiger partial charge in [0.25, 0.3) is 0 Å². The van der Waals surface area contributed by atoms with Crippen molar-refractivity contribution in [2.24, 2.45) is 0 Å². The Hall–Kier alpha value is -1.27. The molecule has 0 fully saturated rings. The number of hydrogen-bond donors (Lipinski definition) is 1. The van der Waals surface area contributed by atoms with Gasteiger partial charge in [0.1, 0.15) is 17.7 Å². The maximum Gasteiger partial charge on any atom is 0.132 e. The average Bonchev–Trinajstić information content (AvgIpc) is 2.75.